The molecule has 1 aliphatic heterocycles. The number of amides is 1. The molecule has 1 fully saturated rings. The molecule has 2 N–H and O–H groups in total. The molecule has 0 radical (unpaired) electrons. The SMILES string of the molecule is Cc1cc(C)n(-c2nnc(SCC(=O)N3CCCC3)n2N)n1. The maximum absolute atomic E-state index is 12.1. The summed E-state index contributed by atoms with van der Waals surface area (Å²) in [5, 5.41) is 13.0. The van der Waals surface area contributed by atoms with Gasteiger partial charge in [0.1, 0.15) is 0 Å². The van der Waals surface area contributed by atoms with Crippen LogP contribution in [-0.4, -0.2) is 54.3 Å². The third-order valence-corrected chi connectivity index (χ3v) is 4.56. The monoisotopic (exact) mass is 321 g/mol. The fourth-order valence-electron chi connectivity index (χ4n) is 2.53. The number of aromatic nitrogens is 5. The molecule has 0 bridgehead atoms. The smallest absolute Gasteiger partial charge is 0.271 e. The van der Waals surface area contributed by atoms with Gasteiger partial charge in [0.25, 0.3) is 5.95 Å². The zero-order chi connectivity index (χ0) is 15.7. The molecule has 8 nitrogen and oxygen atoms in total. The Labute approximate surface area is 132 Å². The standard InChI is InChI=1S/C13H19N7OS/c1-9-7-10(2)20(17-9)12-15-16-13(19(12)14)22-8-11(21)18-5-3-4-6-18/h7H,3-6,8,14H2,1-2H3. The van der Waals surface area contributed by atoms with Gasteiger partial charge in [-0.1, -0.05) is 11.8 Å². The lowest BCUT2D eigenvalue weighted by molar-refractivity contribution is -0.127. The highest BCUT2D eigenvalue weighted by atomic mass is 32.2. The number of aryl methyl sites for hydroxylation is 2. The first-order chi connectivity index (χ1) is 10.6. The van der Waals surface area contributed by atoms with E-state index >= 15 is 0 Å². The summed E-state index contributed by atoms with van der Waals surface area (Å²) < 4.78 is 3.02. The van der Waals surface area contributed by atoms with Crippen LogP contribution in [0.4, 0.5) is 0 Å². The highest BCUT2D eigenvalue weighted by molar-refractivity contribution is 7.99. The van der Waals surface area contributed by atoms with Crippen molar-refractivity contribution in [2.24, 2.45) is 0 Å². The largest absolute Gasteiger partial charge is 0.342 e. The van der Waals surface area contributed by atoms with Crippen molar-refractivity contribution in [2.75, 3.05) is 24.7 Å². The quantitative estimate of drug-likeness (QED) is 0.651. The highest BCUT2D eigenvalue weighted by Crippen LogP contribution is 2.19. The molecular formula is C13H19N7OS. The predicted octanol–water partition coefficient (Wildman–Crippen LogP) is 0.509. The van der Waals surface area contributed by atoms with Crippen LogP contribution in [0.5, 0.6) is 0 Å². The van der Waals surface area contributed by atoms with Crippen molar-refractivity contribution in [3.8, 4) is 5.95 Å². The number of carbonyl (C=O) groups is 1. The number of nitrogens with zero attached hydrogens (tertiary/aromatic N) is 6. The maximum Gasteiger partial charge on any atom is 0.271 e. The molecule has 0 aromatic carbocycles. The van der Waals surface area contributed by atoms with Crippen LogP contribution in [0, 0.1) is 13.8 Å². The first-order valence-corrected chi connectivity index (χ1v) is 8.19. The third kappa shape index (κ3) is 2.80. The first-order valence-electron chi connectivity index (χ1n) is 7.21. The molecule has 9 heteroatoms. The minimum Gasteiger partial charge on any atom is -0.342 e. The number of likely N-dealkylation sites (tertiary alicyclic amines) is 1. The van der Waals surface area contributed by atoms with Crippen LogP contribution >= 0.6 is 11.8 Å². The zero-order valence-corrected chi connectivity index (χ0v) is 13.5. The van der Waals surface area contributed by atoms with Gasteiger partial charge >= 0.3 is 0 Å². The Hall–Kier alpha value is -2.03. The molecular weight excluding hydrogens is 302 g/mol. The topological polar surface area (TPSA) is 94.9 Å². The van der Waals surface area contributed by atoms with Gasteiger partial charge < -0.3 is 10.7 Å². The Kier molecular flexibility index (Phi) is 4.06. The van der Waals surface area contributed by atoms with E-state index in [2.05, 4.69) is 15.3 Å². The van der Waals surface area contributed by atoms with Gasteiger partial charge in [-0.05, 0) is 32.8 Å². The Morgan fingerprint density at radius 1 is 1.32 bits per heavy atom. The summed E-state index contributed by atoms with van der Waals surface area (Å²) in [4.78, 5) is 13.9. The van der Waals surface area contributed by atoms with Crippen LogP contribution in [0.3, 0.4) is 0 Å². The van der Waals surface area contributed by atoms with Crippen LogP contribution < -0.4 is 5.84 Å². The lowest BCUT2D eigenvalue weighted by atomic mass is 10.4. The minimum atomic E-state index is 0.123. The molecule has 0 saturated carbocycles. The number of thioether (sulfide) groups is 1. The van der Waals surface area contributed by atoms with Crippen LogP contribution in [0.2, 0.25) is 0 Å². The molecule has 22 heavy (non-hydrogen) atoms. The van der Waals surface area contributed by atoms with Crippen molar-refractivity contribution >= 4 is 17.7 Å². The van der Waals surface area contributed by atoms with Gasteiger partial charge in [0, 0.05) is 18.8 Å². The second-order valence-electron chi connectivity index (χ2n) is 5.37. The Morgan fingerprint density at radius 2 is 2.05 bits per heavy atom. The van der Waals surface area contributed by atoms with Crippen molar-refractivity contribution in [2.45, 2.75) is 31.8 Å². The van der Waals surface area contributed by atoms with Gasteiger partial charge in [-0.25, -0.2) is 9.36 Å². The summed E-state index contributed by atoms with van der Waals surface area (Å²) in [6.07, 6.45) is 2.18. The summed E-state index contributed by atoms with van der Waals surface area (Å²) in [5.74, 6) is 6.93. The molecule has 0 aliphatic carbocycles. The van der Waals surface area contributed by atoms with Gasteiger partial charge in [-0.2, -0.15) is 5.10 Å². The summed E-state index contributed by atoms with van der Waals surface area (Å²) in [6.45, 7) is 5.54. The van der Waals surface area contributed by atoms with E-state index in [9.17, 15) is 4.79 Å². The molecule has 0 spiro atoms. The number of hydrogen-bond donors (Lipinski definition) is 1. The van der Waals surface area contributed by atoms with E-state index in [1.165, 1.54) is 16.4 Å². The summed E-state index contributed by atoms with van der Waals surface area (Å²) >= 11 is 1.30. The van der Waals surface area contributed by atoms with E-state index in [0.717, 1.165) is 37.3 Å². The number of hydrogen-bond acceptors (Lipinski definition) is 6. The van der Waals surface area contributed by atoms with Crippen LogP contribution in [0.25, 0.3) is 5.95 Å². The molecule has 118 valence electrons. The average Bonchev–Trinajstić information content (AvgIpc) is 3.18. The van der Waals surface area contributed by atoms with Crippen LogP contribution in [0.15, 0.2) is 11.2 Å². The fraction of sp³-hybridized carbons (Fsp3) is 0.538. The van der Waals surface area contributed by atoms with Gasteiger partial charge in [0.05, 0.1) is 11.4 Å². The molecule has 1 saturated heterocycles. The number of rotatable bonds is 4. The molecule has 2 aromatic heterocycles. The van der Waals surface area contributed by atoms with E-state index in [1.54, 1.807) is 4.68 Å². The van der Waals surface area contributed by atoms with E-state index in [-0.39, 0.29) is 5.91 Å². The molecule has 3 rings (SSSR count). The van der Waals surface area contributed by atoms with Crippen molar-refractivity contribution in [1.29, 1.82) is 0 Å². The van der Waals surface area contributed by atoms with Gasteiger partial charge in [0.2, 0.25) is 11.1 Å². The molecule has 0 atom stereocenters. The second kappa shape index (κ2) is 5.99. The first kappa shape index (κ1) is 14.9. The molecule has 1 aliphatic rings. The van der Waals surface area contributed by atoms with Gasteiger partial charge in [-0.15, -0.1) is 10.2 Å². The molecule has 3 heterocycles. The molecule has 2 aromatic rings. The lowest BCUT2D eigenvalue weighted by Gasteiger charge is -2.14. The van der Waals surface area contributed by atoms with Crippen molar-refractivity contribution in [1.82, 2.24) is 29.6 Å². The van der Waals surface area contributed by atoms with Crippen molar-refractivity contribution in [3.63, 3.8) is 0 Å². The van der Waals surface area contributed by atoms with E-state index in [1.807, 2.05) is 24.8 Å². The lowest BCUT2D eigenvalue weighted by Crippen LogP contribution is -2.29. The van der Waals surface area contributed by atoms with Gasteiger partial charge in [0.15, 0.2) is 0 Å². The average molecular weight is 321 g/mol. The molecule has 1 amide bonds. The Morgan fingerprint density at radius 3 is 2.68 bits per heavy atom. The van der Waals surface area contributed by atoms with E-state index < -0.39 is 0 Å². The van der Waals surface area contributed by atoms with Crippen LogP contribution in [0.1, 0.15) is 24.2 Å². The predicted molar refractivity (Wildman–Crippen MR) is 83.3 cm³/mol. The summed E-state index contributed by atoms with van der Waals surface area (Å²) in [7, 11) is 0. The third-order valence-electron chi connectivity index (χ3n) is 3.63. The summed E-state index contributed by atoms with van der Waals surface area (Å²) in [5.41, 5.74) is 1.82. The number of nitrogen functional groups attached to an aromatic ring is 1. The summed E-state index contributed by atoms with van der Waals surface area (Å²) in [6, 6.07) is 1.94. The van der Waals surface area contributed by atoms with Crippen molar-refractivity contribution < 1.29 is 4.79 Å². The zero-order valence-electron chi connectivity index (χ0n) is 12.7. The number of carbonyl (C=O) groups excluding carboxylic acids is 1. The van der Waals surface area contributed by atoms with E-state index in [4.69, 9.17) is 5.84 Å². The Balaban J connectivity index is 1.71. The minimum absolute atomic E-state index is 0.123. The van der Waals surface area contributed by atoms with Crippen molar-refractivity contribution in [3.05, 3.63) is 17.5 Å². The Bertz CT molecular complexity index is 687. The highest BCUT2D eigenvalue weighted by Gasteiger charge is 2.20. The molecule has 0 unspecified atom stereocenters. The maximum atomic E-state index is 12.1. The second-order valence-corrected chi connectivity index (χ2v) is 6.31. The van der Waals surface area contributed by atoms with Crippen LogP contribution in [-0.2, 0) is 4.79 Å². The fourth-order valence-corrected chi connectivity index (χ4v) is 3.28. The normalized spacial score (nSPS) is 14.7. The number of nitrogens with two attached hydrogens (primary N) is 1. The van der Waals surface area contributed by atoms with Gasteiger partial charge in [-0.3, -0.25) is 4.79 Å². The van der Waals surface area contributed by atoms with E-state index in [0.29, 0.717) is 16.9 Å².